The van der Waals surface area contributed by atoms with Crippen LogP contribution in [0.3, 0.4) is 0 Å². The molecule has 2 N–H and O–H groups in total. The van der Waals surface area contributed by atoms with Gasteiger partial charge in [0, 0.05) is 6.42 Å². The molecule has 0 saturated carbocycles. The number of carboxylic acid groups (broad SMARTS) is 1. The van der Waals surface area contributed by atoms with E-state index in [1.807, 2.05) is 12.1 Å². The fourth-order valence-electron chi connectivity index (χ4n) is 1.23. The van der Waals surface area contributed by atoms with E-state index >= 15 is 0 Å². The first-order valence-electron chi connectivity index (χ1n) is 4.60. The number of benzene rings is 1. The molecule has 1 aromatic rings. The van der Waals surface area contributed by atoms with Gasteiger partial charge in [-0.25, -0.2) is 0 Å². The summed E-state index contributed by atoms with van der Waals surface area (Å²) >= 11 is 0. The van der Waals surface area contributed by atoms with E-state index < -0.39 is 5.97 Å². The van der Waals surface area contributed by atoms with E-state index in [0.717, 1.165) is 12.0 Å². The molecule has 1 aromatic carbocycles. The summed E-state index contributed by atoms with van der Waals surface area (Å²) in [6.45, 7) is 0. The van der Waals surface area contributed by atoms with Crippen molar-refractivity contribution in [2.24, 2.45) is 5.11 Å². The highest BCUT2D eigenvalue weighted by Gasteiger charge is 1.99. The van der Waals surface area contributed by atoms with E-state index in [0.29, 0.717) is 12.1 Å². The van der Waals surface area contributed by atoms with Gasteiger partial charge in [-0.15, -0.1) is 0 Å². The topological polar surface area (TPSA) is 87.6 Å². The highest BCUT2D eigenvalue weighted by atomic mass is 16.4. The minimum absolute atomic E-state index is 0.189. The molecule has 0 aromatic heterocycles. The summed E-state index contributed by atoms with van der Waals surface area (Å²) in [6, 6.07) is 7.25. The van der Waals surface area contributed by atoms with Crippen molar-refractivity contribution < 1.29 is 9.90 Å². The number of nitrogens with zero attached hydrogens (tertiary/aromatic N) is 2. The van der Waals surface area contributed by atoms with Crippen LogP contribution < -0.4 is 4.91 Å². The fraction of sp³-hybridized carbons (Fsp3) is 0.300. The van der Waals surface area contributed by atoms with Gasteiger partial charge < -0.3 is 5.11 Å². The van der Waals surface area contributed by atoms with Crippen LogP contribution >= 0.6 is 0 Å². The lowest BCUT2D eigenvalue weighted by Gasteiger charge is -1.98. The van der Waals surface area contributed by atoms with Gasteiger partial charge in [0.1, 0.15) is 5.53 Å². The Morgan fingerprint density at radius 1 is 1.40 bits per heavy atom. The number of aliphatic carboxylic acids is 1. The molecule has 0 aliphatic carbocycles. The van der Waals surface area contributed by atoms with Crippen LogP contribution in [0, 0.1) is 5.53 Å². The first-order chi connectivity index (χ1) is 7.22. The summed E-state index contributed by atoms with van der Waals surface area (Å²) in [4.78, 5) is 13.2. The molecule has 78 valence electrons. The lowest BCUT2D eigenvalue weighted by molar-refractivity contribution is -0.137. The highest BCUT2D eigenvalue weighted by Crippen LogP contribution is 2.13. The number of carbonyl (C=O) groups is 1. The maximum Gasteiger partial charge on any atom is 0.303 e. The van der Waals surface area contributed by atoms with E-state index in [4.69, 9.17) is 10.6 Å². The molecule has 0 saturated heterocycles. The molecule has 0 atom stereocenters. The molecular weight excluding hydrogens is 194 g/mol. The Kier molecular flexibility index (Phi) is 4.19. The predicted molar refractivity (Wildman–Crippen MR) is 54.0 cm³/mol. The molecule has 15 heavy (non-hydrogen) atoms. The Hall–Kier alpha value is -2.00. The summed E-state index contributed by atoms with van der Waals surface area (Å²) in [6.07, 6.45) is 1.56. The third kappa shape index (κ3) is 4.15. The second kappa shape index (κ2) is 5.67. The zero-order chi connectivity index (χ0) is 11.1. The zero-order valence-electron chi connectivity index (χ0n) is 8.18. The normalized spacial score (nSPS) is 9.33. The van der Waals surface area contributed by atoms with E-state index in [1.165, 1.54) is 0 Å². The molecule has 0 unspecified atom stereocenters. The van der Waals surface area contributed by atoms with Gasteiger partial charge in [0.15, 0.2) is 10.8 Å². The molecule has 0 aliphatic heterocycles. The molecule has 1 rings (SSSR count). The van der Waals surface area contributed by atoms with Crippen molar-refractivity contribution in [1.29, 1.82) is 5.53 Å². The molecule has 0 aliphatic rings. The average Bonchev–Trinajstić information content (AvgIpc) is 2.20. The van der Waals surface area contributed by atoms with Gasteiger partial charge in [-0.1, -0.05) is 12.1 Å². The maximum atomic E-state index is 10.3. The van der Waals surface area contributed by atoms with Crippen LogP contribution in [0.5, 0.6) is 0 Å². The van der Waals surface area contributed by atoms with Crippen molar-refractivity contribution >= 4 is 11.7 Å². The SMILES string of the molecule is N=[N+]=Nc1ccc(CCCC(=O)O)cc1. The largest absolute Gasteiger partial charge is 0.481 e. The minimum Gasteiger partial charge on any atom is -0.481 e. The Morgan fingerprint density at radius 3 is 2.60 bits per heavy atom. The highest BCUT2D eigenvalue weighted by molar-refractivity contribution is 5.66. The van der Waals surface area contributed by atoms with Crippen LogP contribution in [-0.2, 0) is 11.2 Å². The quantitative estimate of drug-likeness (QED) is 0.571. The monoisotopic (exact) mass is 206 g/mol. The van der Waals surface area contributed by atoms with Gasteiger partial charge >= 0.3 is 5.97 Å². The van der Waals surface area contributed by atoms with Crippen LogP contribution in [0.1, 0.15) is 18.4 Å². The first-order valence-corrected chi connectivity index (χ1v) is 4.60. The van der Waals surface area contributed by atoms with Gasteiger partial charge in [0.25, 0.3) is 0 Å². The van der Waals surface area contributed by atoms with Crippen LogP contribution in [-0.4, -0.2) is 11.1 Å². The van der Waals surface area contributed by atoms with Crippen molar-refractivity contribution in [3.8, 4) is 0 Å². The summed E-state index contributed by atoms with van der Waals surface area (Å²) in [5, 5.41) is 12.0. The Morgan fingerprint density at radius 2 is 2.07 bits per heavy atom. The number of hydrogen-bond donors (Lipinski definition) is 2. The minimum atomic E-state index is -0.769. The molecule has 0 amide bonds. The number of hydrogen-bond acceptors (Lipinski definition) is 3. The summed E-state index contributed by atoms with van der Waals surface area (Å²) < 4.78 is 0. The fourth-order valence-corrected chi connectivity index (χ4v) is 1.23. The Balaban J connectivity index is 2.49. The molecule has 0 spiro atoms. The van der Waals surface area contributed by atoms with Gasteiger partial charge in [0.05, 0.1) is 0 Å². The van der Waals surface area contributed by atoms with Crippen molar-refractivity contribution in [2.75, 3.05) is 0 Å². The smallest absolute Gasteiger partial charge is 0.303 e. The van der Waals surface area contributed by atoms with Crippen LogP contribution in [0.2, 0.25) is 0 Å². The van der Waals surface area contributed by atoms with E-state index in [2.05, 4.69) is 10.0 Å². The third-order valence-corrected chi connectivity index (χ3v) is 1.96. The number of aryl methyl sites for hydroxylation is 1. The van der Waals surface area contributed by atoms with Crippen LogP contribution in [0.15, 0.2) is 29.4 Å². The van der Waals surface area contributed by atoms with Crippen molar-refractivity contribution in [3.63, 3.8) is 0 Å². The van der Waals surface area contributed by atoms with E-state index in [1.54, 1.807) is 12.1 Å². The number of rotatable bonds is 5. The van der Waals surface area contributed by atoms with Gasteiger partial charge in [-0.05, 0) is 30.5 Å². The second-order valence-corrected chi connectivity index (χ2v) is 3.11. The average molecular weight is 206 g/mol. The van der Waals surface area contributed by atoms with Gasteiger partial charge in [-0.3, -0.25) is 4.79 Å². The van der Waals surface area contributed by atoms with Crippen molar-refractivity contribution in [2.45, 2.75) is 19.3 Å². The van der Waals surface area contributed by atoms with Crippen molar-refractivity contribution in [3.05, 3.63) is 29.8 Å². The molecule has 5 nitrogen and oxygen atoms in total. The lowest BCUT2D eigenvalue weighted by Crippen LogP contribution is -1.95. The van der Waals surface area contributed by atoms with Crippen LogP contribution in [0.25, 0.3) is 0 Å². The third-order valence-electron chi connectivity index (χ3n) is 1.96. The Bertz CT molecular complexity index is 380. The molecule has 0 radical (unpaired) electrons. The zero-order valence-corrected chi connectivity index (χ0v) is 8.18. The molecular formula is C10H12N3O2+. The maximum absolute atomic E-state index is 10.3. The predicted octanol–water partition coefficient (Wildman–Crippen LogP) is 2.28. The van der Waals surface area contributed by atoms with E-state index in [-0.39, 0.29) is 6.42 Å². The van der Waals surface area contributed by atoms with Crippen LogP contribution in [0.4, 0.5) is 5.69 Å². The summed E-state index contributed by atoms with van der Waals surface area (Å²) in [5.74, 6) is -0.769. The molecule has 0 bridgehead atoms. The summed E-state index contributed by atoms with van der Waals surface area (Å²) in [7, 11) is 0. The standard InChI is InChI=1S/C10H11N3O2/c11-13-12-9-6-4-8(5-7-9)2-1-3-10(14)15/h4-7,11H,1-3H2/p+1. The van der Waals surface area contributed by atoms with Gasteiger partial charge in [-0.2, -0.15) is 0 Å². The first kappa shape index (κ1) is 11.1. The lowest BCUT2D eigenvalue weighted by atomic mass is 10.1. The Labute approximate surface area is 87.0 Å². The molecule has 0 heterocycles. The van der Waals surface area contributed by atoms with Gasteiger partial charge in [0.2, 0.25) is 4.91 Å². The van der Waals surface area contributed by atoms with Crippen molar-refractivity contribution in [1.82, 2.24) is 4.91 Å². The molecule has 5 heteroatoms. The van der Waals surface area contributed by atoms with E-state index in [9.17, 15) is 4.79 Å². The molecule has 0 fully saturated rings. The second-order valence-electron chi connectivity index (χ2n) is 3.11. The summed E-state index contributed by atoms with van der Waals surface area (Å²) in [5.41, 5.74) is 8.25. The number of carboxylic acids is 1. The number of nitrogens with one attached hydrogen (secondary N) is 1.